The Morgan fingerprint density at radius 3 is 2.62 bits per heavy atom. The van der Waals surface area contributed by atoms with Gasteiger partial charge in [-0.25, -0.2) is 13.8 Å². The highest BCUT2D eigenvalue weighted by atomic mass is 19.1. The molecule has 1 saturated heterocycles. The first kappa shape index (κ1) is 22.3. The van der Waals surface area contributed by atoms with Crippen LogP contribution in [0.1, 0.15) is 12.0 Å². The first-order valence-corrected chi connectivity index (χ1v) is 11.1. The summed E-state index contributed by atoms with van der Waals surface area (Å²) < 4.78 is 28.8. The van der Waals surface area contributed by atoms with Gasteiger partial charge in [-0.15, -0.1) is 0 Å². The van der Waals surface area contributed by atoms with Crippen LogP contribution in [0.3, 0.4) is 0 Å². The lowest BCUT2D eigenvalue weighted by molar-refractivity contribution is 0.154. The molecule has 1 aliphatic heterocycles. The maximum absolute atomic E-state index is 14.4. The van der Waals surface area contributed by atoms with Gasteiger partial charge in [0.25, 0.3) is 0 Å². The Kier molecular flexibility index (Phi) is 5.95. The van der Waals surface area contributed by atoms with Gasteiger partial charge in [-0.3, -0.25) is 4.98 Å². The van der Waals surface area contributed by atoms with Crippen LogP contribution in [0.4, 0.5) is 20.2 Å². The van der Waals surface area contributed by atoms with Crippen molar-refractivity contribution in [1.29, 1.82) is 0 Å². The first-order valence-electron chi connectivity index (χ1n) is 11.1. The fraction of sp³-hybridized carbons (Fsp3) is 0.231. The number of hydrogen-bond acceptors (Lipinski definition) is 6. The van der Waals surface area contributed by atoms with E-state index >= 15 is 0 Å². The van der Waals surface area contributed by atoms with Gasteiger partial charge in [0.2, 0.25) is 0 Å². The van der Waals surface area contributed by atoms with Gasteiger partial charge in [0.15, 0.2) is 0 Å². The minimum absolute atomic E-state index is 0.0725. The molecule has 2 aromatic carbocycles. The Balaban J connectivity index is 1.59. The molecule has 0 unspecified atom stereocenters. The molecule has 8 heteroatoms. The summed E-state index contributed by atoms with van der Waals surface area (Å²) in [6.07, 6.45) is 4.02. The quantitative estimate of drug-likeness (QED) is 0.360. The van der Waals surface area contributed by atoms with Gasteiger partial charge in [0.05, 0.1) is 41.0 Å². The van der Waals surface area contributed by atoms with Gasteiger partial charge in [0, 0.05) is 36.1 Å². The minimum atomic E-state index is -0.669. The minimum Gasteiger partial charge on any atom is -0.395 e. The molecule has 1 aliphatic rings. The predicted molar refractivity (Wildman–Crippen MR) is 129 cm³/mol. The van der Waals surface area contributed by atoms with Crippen LogP contribution in [0.5, 0.6) is 0 Å². The average Bonchev–Trinajstić information content (AvgIpc) is 2.84. The second-order valence-corrected chi connectivity index (χ2v) is 8.75. The van der Waals surface area contributed by atoms with Gasteiger partial charge in [-0.1, -0.05) is 24.3 Å². The van der Waals surface area contributed by atoms with Crippen molar-refractivity contribution in [2.75, 3.05) is 25.0 Å². The van der Waals surface area contributed by atoms with Crippen molar-refractivity contribution in [3.8, 4) is 11.3 Å². The maximum atomic E-state index is 14.4. The number of aliphatic hydroxyl groups is 1. The Labute approximate surface area is 195 Å². The molecule has 0 bridgehead atoms. The molecule has 0 saturated carbocycles. The molecule has 0 amide bonds. The number of rotatable bonds is 5. The summed E-state index contributed by atoms with van der Waals surface area (Å²) in [4.78, 5) is 8.88. The van der Waals surface area contributed by atoms with E-state index in [2.05, 4.69) is 20.6 Å². The van der Waals surface area contributed by atoms with Gasteiger partial charge in [-0.05, 0) is 42.3 Å². The number of aliphatic hydroxyl groups excluding tert-OH is 1. The number of piperidine rings is 1. The van der Waals surface area contributed by atoms with Crippen molar-refractivity contribution in [3.05, 3.63) is 84.2 Å². The van der Waals surface area contributed by atoms with Crippen LogP contribution in [0.25, 0.3) is 22.2 Å². The molecule has 6 nitrogen and oxygen atoms in total. The van der Waals surface area contributed by atoms with Crippen molar-refractivity contribution in [3.63, 3.8) is 0 Å². The molecule has 2 aromatic heterocycles. The van der Waals surface area contributed by atoms with E-state index in [1.165, 1.54) is 18.2 Å². The Hall–Kier alpha value is -3.46. The van der Waals surface area contributed by atoms with E-state index in [1.807, 2.05) is 24.3 Å². The highest BCUT2D eigenvalue weighted by Crippen LogP contribution is 2.37. The number of halogens is 2. The van der Waals surface area contributed by atoms with Crippen LogP contribution in [-0.2, 0) is 5.41 Å². The van der Waals surface area contributed by atoms with E-state index in [1.54, 1.807) is 24.5 Å². The number of para-hydroxylation sites is 1. The molecule has 3 heterocycles. The second-order valence-electron chi connectivity index (χ2n) is 8.75. The lowest BCUT2D eigenvalue weighted by Gasteiger charge is -2.40. The van der Waals surface area contributed by atoms with Crippen LogP contribution in [0.15, 0.2) is 67.0 Å². The number of anilines is 2. The highest BCUT2D eigenvalue weighted by molar-refractivity contribution is 5.93. The summed E-state index contributed by atoms with van der Waals surface area (Å²) in [6.45, 7) is 1.20. The number of hydrogen-bond donors (Lipinski definition) is 4. The molecule has 0 aliphatic carbocycles. The molecule has 5 rings (SSSR count). The number of nitrogens with zero attached hydrogens (tertiary/aromatic N) is 2. The van der Waals surface area contributed by atoms with E-state index in [0.717, 1.165) is 10.9 Å². The van der Waals surface area contributed by atoms with Gasteiger partial charge < -0.3 is 21.5 Å². The van der Waals surface area contributed by atoms with E-state index < -0.39 is 17.0 Å². The third-order valence-corrected chi connectivity index (χ3v) is 6.43. The first-order chi connectivity index (χ1) is 16.5. The van der Waals surface area contributed by atoms with Gasteiger partial charge >= 0.3 is 0 Å². The summed E-state index contributed by atoms with van der Waals surface area (Å²) in [6, 6.07) is 14.6. The number of nitrogens with one attached hydrogen (secondary N) is 2. The predicted octanol–water partition coefficient (Wildman–Crippen LogP) is 3.87. The number of nitrogens with two attached hydrogens (primary N) is 1. The number of pyridine rings is 2. The van der Waals surface area contributed by atoms with Crippen LogP contribution in [-0.4, -0.2) is 40.8 Å². The Morgan fingerprint density at radius 1 is 1.06 bits per heavy atom. The fourth-order valence-corrected chi connectivity index (χ4v) is 4.79. The third kappa shape index (κ3) is 4.00. The maximum Gasteiger partial charge on any atom is 0.135 e. The SMILES string of the molecule is N[C@@H]1CNC[C@](CO)(c2ccncc2Nc2cccc3ccc(-c4c(F)cccc4F)nc23)C1. The topological polar surface area (TPSA) is 96.1 Å². The largest absolute Gasteiger partial charge is 0.395 e. The van der Waals surface area contributed by atoms with Crippen LogP contribution in [0.2, 0.25) is 0 Å². The zero-order valence-corrected chi connectivity index (χ0v) is 18.4. The van der Waals surface area contributed by atoms with Crippen LogP contribution in [0, 0.1) is 11.6 Å². The average molecular weight is 462 g/mol. The summed E-state index contributed by atoms with van der Waals surface area (Å²) in [7, 11) is 0. The highest BCUT2D eigenvalue weighted by Gasteiger charge is 2.38. The van der Waals surface area contributed by atoms with Crippen molar-refractivity contribution in [2.24, 2.45) is 5.73 Å². The molecule has 0 radical (unpaired) electrons. The standard InChI is InChI=1S/C26H25F2N5O/c27-19-4-2-5-20(28)24(19)21-8-7-16-3-1-6-22(25(16)33-21)32-23-13-30-10-9-18(23)26(15-34)11-17(29)12-31-14-26/h1-10,13,17,31-32,34H,11-12,14-15,29H2/t17-,26+/m0/s1. The summed E-state index contributed by atoms with van der Waals surface area (Å²) in [5.74, 6) is -1.34. The second kappa shape index (κ2) is 9.06. The zero-order valence-electron chi connectivity index (χ0n) is 18.4. The van der Waals surface area contributed by atoms with E-state index in [9.17, 15) is 13.9 Å². The van der Waals surface area contributed by atoms with Crippen molar-refractivity contribution >= 4 is 22.3 Å². The Morgan fingerprint density at radius 2 is 1.85 bits per heavy atom. The van der Waals surface area contributed by atoms with Gasteiger partial charge in [-0.2, -0.15) is 0 Å². The number of benzene rings is 2. The molecule has 4 aromatic rings. The van der Waals surface area contributed by atoms with E-state index in [0.29, 0.717) is 36.4 Å². The Bertz CT molecular complexity index is 1330. The smallest absolute Gasteiger partial charge is 0.135 e. The lowest BCUT2D eigenvalue weighted by Crippen LogP contribution is -2.54. The summed E-state index contributed by atoms with van der Waals surface area (Å²) >= 11 is 0. The van der Waals surface area contributed by atoms with E-state index in [4.69, 9.17) is 5.73 Å². The van der Waals surface area contributed by atoms with Crippen LogP contribution < -0.4 is 16.4 Å². The van der Waals surface area contributed by atoms with E-state index in [-0.39, 0.29) is 23.9 Å². The number of aromatic nitrogens is 2. The molecule has 0 spiro atoms. The zero-order chi connectivity index (χ0) is 23.7. The van der Waals surface area contributed by atoms with Crippen LogP contribution >= 0.6 is 0 Å². The molecular formula is C26H25F2N5O. The lowest BCUT2D eigenvalue weighted by atomic mass is 9.73. The summed E-state index contributed by atoms with van der Waals surface area (Å²) in [5, 5.41) is 17.9. The molecule has 174 valence electrons. The molecular weight excluding hydrogens is 436 g/mol. The molecule has 34 heavy (non-hydrogen) atoms. The third-order valence-electron chi connectivity index (χ3n) is 6.43. The summed E-state index contributed by atoms with van der Waals surface area (Å²) in [5.41, 5.74) is 8.52. The fourth-order valence-electron chi connectivity index (χ4n) is 4.79. The van der Waals surface area contributed by atoms with Crippen molar-refractivity contribution in [2.45, 2.75) is 17.9 Å². The normalized spacial score (nSPS) is 20.4. The molecule has 1 fully saturated rings. The van der Waals surface area contributed by atoms with Crippen molar-refractivity contribution < 1.29 is 13.9 Å². The molecule has 2 atom stereocenters. The van der Waals surface area contributed by atoms with Gasteiger partial charge in [0.1, 0.15) is 11.6 Å². The van der Waals surface area contributed by atoms with Crippen molar-refractivity contribution in [1.82, 2.24) is 15.3 Å². The number of fused-ring (bicyclic) bond motifs is 1. The molecule has 5 N–H and O–H groups in total. The monoisotopic (exact) mass is 461 g/mol.